The van der Waals surface area contributed by atoms with Crippen LogP contribution in [0.25, 0.3) is 0 Å². The molecule has 1 atom stereocenters. The van der Waals surface area contributed by atoms with Crippen LogP contribution in [0.1, 0.15) is 66.2 Å². The van der Waals surface area contributed by atoms with Gasteiger partial charge in [-0.25, -0.2) is 0 Å². The normalized spacial score (nSPS) is 27.9. The van der Waals surface area contributed by atoms with Crippen LogP contribution in [0.5, 0.6) is 0 Å². The lowest BCUT2D eigenvalue weighted by Crippen LogP contribution is -2.50. The summed E-state index contributed by atoms with van der Waals surface area (Å²) in [7, 11) is 0. The first-order valence-electron chi connectivity index (χ1n) is 8.42. The van der Waals surface area contributed by atoms with Gasteiger partial charge in [-0.3, -0.25) is 4.79 Å². The van der Waals surface area contributed by atoms with E-state index in [1.165, 1.54) is 25.7 Å². The van der Waals surface area contributed by atoms with Crippen molar-refractivity contribution in [3.8, 4) is 0 Å². The molecule has 1 aliphatic heterocycles. The van der Waals surface area contributed by atoms with Crippen molar-refractivity contribution < 1.29 is 4.79 Å². The molecule has 20 heavy (non-hydrogen) atoms. The summed E-state index contributed by atoms with van der Waals surface area (Å²) >= 11 is 0. The van der Waals surface area contributed by atoms with Crippen molar-refractivity contribution in [3.63, 3.8) is 0 Å². The lowest BCUT2D eigenvalue weighted by molar-refractivity contribution is -0.135. The SMILES string of the molecule is CC(C)C(=O)N1CCC(NC2CCCC(C)(C)C2)CC1. The lowest BCUT2D eigenvalue weighted by Gasteiger charge is -2.40. The Balaban J connectivity index is 1.76. The second-order valence-corrected chi connectivity index (χ2v) is 7.88. The van der Waals surface area contributed by atoms with E-state index in [4.69, 9.17) is 0 Å². The Morgan fingerprint density at radius 1 is 1.15 bits per heavy atom. The third kappa shape index (κ3) is 4.21. The van der Waals surface area contributed by atoms with Gasteiger partial charge in [0, 0.05) is 31.1 Å². The second-order valence-electron chi connectivity index (χ2n) is 7.88. The summed E-state index contributed by atoms with van der Waals surface area (Å²) in [5, 5.41) is 3.86. The molecule has 0 spiro atoms. The van der Waals surface area contributed by atoms with Gasteiger partial charge < -0.3 is 10.2 Å². The molecular formula is C17H32N2O. The maximum atomic E-state index is 12.0. The van der Waals surface area contributed by atoms with Crippen molar-refractivity contribution in [2.45, 2.75) is 78.3 Å². The zero-order valence-corrected chi connectivity index (χ0v) is 13.7. The zero-order valence-electron chi connectivity index (χ0n) is 13.7. The molecule has 1 amide bonds. The van der Waals surface area contributed by atoms with Gasteiger partial charge in [0.2, 0.25) is 5.91 Å². The minimum atomic E-state index is 0.138. The molecule has 0 radical (unpaired) electrons. The van der Waals surface area contributed by atoms with Gasteiger partial charge in [-0.1, -0.05) is 34.1 Å². The first-order chi connectivity index (χ1) is 9.37. The largest absolute Gasteiger partial charge is 0.342 e. The third-order valence-electron chi connectivity index (χ3n) is 4.98. The minimum Gasteiger partial charge on any atom is -0.342 e. The van der Waals surface area contributed by atoms with E-state index >= 15 is 0 Å². The van der Waals surface area contributed by atoms with Crippen LogP contribution in [0.15, 0.2) is 0 Å². The third-order valence-corrected chi connectivity index (χ3v) is 4.98. The number of likely N-dealkylation sites (tertiary alicyclic amines) is 1. The van der Waals surface area contributed by atoms with Gasteiger partial charge in [0.25, 0.3) is 0 Å². The molecule has 0 aromatic rings. The van der Waals surface area contributed by atoms with Crippen LogP contribution in [-0.4, -0.2) is 36.0 Å². The van der Waals surface area contributed by atoms with Crippen molar-refractivity contribution in [3.05, 3.63) is 0 Å². The van der Waals surface area contributed by atoms with Crippen LogP contribution >= 0.6 is 0 Å². The Bertz CT molecular complexity index is 330. The highest BCUT2D eigenvalue weighted by Gasteiger charge is 2.30. The van der Waals surface area contributed by atoms with E-state index in [9.17, 15) is 4.79 Å². The quantitative estimate of drug-likeness (QED) is 0.861. The van der Waals surface area contributed by atoms with E-state index < -0.39 is 0 Å². The predicted molar refractivity (Wildman–Crippen MR) is 83.6 cm³/mol. The lowest BCUT2D eigenvalue weighted by atomic mass is 9.75. The Hall–Kier alpha value is -0.570. The van der Waals surface area contributed by atoms with Crippen molar-refractivity contribution in [1.29, 1.82) is 0 Å². The minimum absolute atomic E-state index is 0.138. The van der Waals surface area contributed by atoms with Crippen molar-refractivity contribution in [2.75, 3.05) is 13.1 Å². The molecular weight excluding hydrogens is 248 g/mol. The topological polar surface area (TPSA) is 32.3 Å². The van der Waals surface area contributed by atoms with Gasteiger partial charge in [-0.15, -0.1) is 0 Å². The summed E-state index contributed by atoms with van der Waals surface area (Å²) in [5.41, 5.74) is 0.504. The van der Waals surface area contributed by atoms with Crippen LogP contribution in [-0.2, 0) is 4.79 Å². The predicted octanol–water partition coefficient (Wildman–Crippen LogP) is 3.19. The van der Waals surface area contributed by atoms with Gasteiger partial charge in [0.05, 0.1) is 0 Å². The van der Waals surface area contributed by atoms with Crippen LogP contribution in [0, 0.1) is 11.3 Å². The highest BCUT2D eigenvalue weighted by molar-refractivity contribution is 5.78. The average molecular weight is 280 g/mol. The molecule has 1 aliphatic carbocycles. The number of carbonyl (C=O) groups is 1. The van der Waals surface area contributed by atoms with E-state index in [1.807, 2.05) is 18.7 Å². The molecule has 0 aromatic carbocycles. The van der Waals surface area contributed by atoms with E-state index in [0.29, 0.717) is 23.4 Å². The summed E-state index contributed by atoms with van der Waals surface area (Å²) in [6.45, 7) is 10.7. The number of nitrogens with zero attached hydrogens (tertiary/aromatic N) is 1. The van der Waals surface area contributed by atoms with E-state index in [-0.39, 0.29) is 5.92 Å². The van der Waals surface area contributed by atoms with Crippen LogP contribution < -0.4 is 5.32 Å². The summed E-state index contributed by atoms with van der Waals surface area (Å²) < 4.78 is 0. The average Bonchev–Trinajstić information content (AvgIpc) is 2.37. The molecule has 0 bridgehead atoms. The fourth-order valence-electron chi connectivity index (χ4n) is 3.81. The van der Waals surface area contributed by atoms with Crippen LogP contribution in [0.3, 0.4) is 0 Å². The molecule has 1 unspecified atom stereocenters. The van der Waals surface area contributed by atoms with Crippen molar-refractivity contribution >= 4 is 5.91 Å². The number of hydrogen-bond donors (Lipinski definition) is 1. The number of piperidine rings is 1. The molecule has 2 fully saturated rings. The molecule has 1 saturated carbocycles. The molecule has 116 valence electrons. The fourth-order valence-corrected chi connectivity index (χ4v) is 3.81. The molecule has 2 rings (SSSR count). The number of hydrogen-bond acceptors (Lipinski definition) is 2. The first kappa shape index (κ1) is 15.8. The molecule has 0 aromatic heterocycles. The molecule has 3 heteroatoms. The Morgan fingerprint density at radius 3 is 2.35 bits per heavy atom. The molecule has 1 heterocycles. The van der Waals surface area contributed by atoms with Gasteiger partial charge >= 0.3 is 0 Å². The highest BCUT2D eigenvalue weighted by Crippen LogP contribution is 2.35. The van der Waals surface area contributed by atoms with Crippen molar-refractivity contribution in [1.82, 2.24) is 10.2 Å². The zero-order chi connectivity index (χ0) is 14.8. The van der Waals surface area contributed by atoms with Gasteiger partial charge in [0.15, 0.2) is 0 Å². The van der Waals surface area contributed by atoms with Gasteiger partial charge in [0.1, 0.15) is 0 Å². The maximum Gasteiger partial charge on any atom is 0.225 e. The maximum absolute atomic E-state index is 12.0. The van der Waals surface area contributed by atoms with E-state index in [2.05, 4.69) is 19.2 Å². The summed E-state index contributed by atoms with van der Waals surface area (Å²) in [6, 6.07) is 1.31. The smallest absolute Gasteiger partial charge is 0.225 e. The Kier molecular flexibility index (Phi) is 5.11. The molecule has 1 N–H and O–H groups in total. The summed E-state index contributed by atoms with van der Waals surface area (Å²) in [6.07, 6.45) is 7.60. The van der Waals surface area contributed by atoms with Gasteiger partial charge in [-0.05, 0) is 37.5 Å². The fraction of sp³-hybridized carbons (Fsp3) is 0.941. The molecule has 1 saturated heterocycles. The Labute approximate surface area is 124 Å². The standard InChI is InChI=1S/C17H32N2O/c1-13(2)16(20)19-10-7-14(8-11-19)18-15-6-5-9-17(3,4)12-15/h13-15,18H,5-12H2,1-4H3. The molecule has 2 aliphatic rings. The number of amides is 1. The first-order valence-corrected chi connectivity index (χ1v) is 8.42. The molecule has 3 nitrogen and oxygen atoms in total. The van der Waals surface area contributed by atoms with Crippen LogP contribution in [0.2, 0.25) is 0 Å². The monoisotopic (exact) mass is 280 g/mol. The highest BCUT2D eigenvalue weighted by atomic mass is 16.2. The number of nitrogens with one attached hydrogen (secondary N) is 1. The second kappa shape index (κ2) is 6.46. The van der Waals surface area contributed by atoms with E-state index in [1.54, 1.807) is 0 Å². The summed E-state index contributed by atoms with van der Waals surface area (Å²) in [5.74, 6) is 0.459. The van der Waals surface area contributed by atoms with Crippen LogP contribution in [0.4, 0.5) is 0 Å². The Morgan fingerprint density at radius 2 is 1.80 bits per heavy atom. The number of rotatable bonds is 3. The van der Waals surface area contributed by atoms with Crippen molar-refractivity contribution in [2.24, 2.45) is 11.3 Å². The van der Waals surface area contributed by atoms with Gasteiger partial charge in [-0.2, -0.15) is 0 Å². The summed E-state index contributed by atoms with van der Waals surface area (Å²) in [4.78, 5) is 14.0. The number of carbonyl (C=O) groups excluding carboxylic acids is 1. The van der Waals surface area contributed by atoms with E-state index in [0.717, 1.165) is 25.9 Å².